The Morgan fingerprint density at radius 3 is 2.36 bits per heavy atom. The maximum absolute atomic E-state index is 6.19. The molecule has 1 aliphatic heterocycles. The van der Waals surface area contributed by atoms with Crippen molar-refractivity contribution in [3.8, 4) is 5.75 Å². The van der Waals surface area contributed by atoms with Crippen molar-refractivity contribution in [3.05, 3.63) is 78.4 Å². The van der Waals surface area contributed by atoms with Gasteiger partial charge in [-0.25, -0.2) is 0 Å². The molecule has 3 aromatic carbocycles. The lowest BCUT2D eigenvalue weighted by Crippen LogP contribution is -2.35. The van der Waals surface area contributed by atoms with Gasteiger partial charge in [-0.15, -0.1) is 0 Å². The molecule has 1 saturated heterocycles. The molecule has 1 heterocycles. The van der Waals surface area contributed by atoms with E-state index in [2.05, 4.69) is 77.7 Å². The molecule has 2 heteroatoms. The number of benzene rings is 3. The second-order valence-electron chi connectivity index (χ2n) is 6.99. The summed E-state index contributed by atoms with van der Waals surface area (Å²) in [7, 11) is 0. The number of hydrogen-bond acceptors (Lipinski definition) is 2. The maximum atomic E-state index is 6.19. The molecule has 0 atom stereocenters. The van der Waals surface area contributed by atoms with Crippen LogP contribution in [0.3, 0.4) is 0 Å². The highest BCUT2D eigenvalue weighted by atomic mass is 16.5. The molecule has 0 aromatic heterocycles. The Kier molecular flexibility index (Phi) is 4.98. The van der Waals surface area contributed by atoms with Gasteiger partial charge in [-0.3, -0.25) is 4.90 Å². The Balaban J connectivity index is 1.30. The molecule has 128 valence electrons. The van der Waals surface area contributed by atoms with Crippen LogP contribution in [0.25, 0.3) is 10.8 Å². The smallest absolute Gasteiger partial charge is 0.127 e. The van der Waals surface area contributed by atoms with Crippen LogP contribution < -0.4 is 4.74 Å². The largest absolute Gasteiger partial charge is 0.493 e. The first-order valence-corrected chi connectivity index (χ1v) is 9.25. The predicted molar refractivity (Wildman–Crippen MR) is 104 cm³/mol. The summed E-state index contributed by atoms with van der Waals surface area (Å²) < 4.78 is 6.19. The fourth-order valence-corrected chi connectivity index (χ4v) is 3.68. The molecule has 0 bridgehead atoms. The molecular weight excluding hydrogens is 306 g/mol. The molecule has 0 unspecified atom stereocenters. The third kappa shape index (κ3) is 4.02. The van der Waals surface area contributed by atoms with E-state index >= 15 is 0 Å². The lowest BCUT2D eigenvalue weighted by molar-refractivity contribution is 0.137. The average Bonchev–Trinajstić information content (AvgIpc) is 2.68. The maximum Gasteiger partial charge on any atom is 0.127 e. The van der Waals surface area contributed by atoms with Crippen molar-refractivity contribution in [1.82, 2.24) is 4.90 Å². The highest BCUT2D eigenvalue weighted by molar-refractivity contribution is 5.88. The first-order chi connectivity index (χ1) is 12.4. The number of nitrogens with zero attached hydrogens (tertiary/aromatic N) is 1. The summed E-state index contributed by atoms with van der Waals surface area (Å²) in [6.45, 7) is 4.22. The number of likely N-dealkylation sites (tertiary alicyclic amines) is 1. The van der Waals surface area contributed by atoms with E-state index in [1.807, 2.05) is 0 Å². The van der Waals surface area contributed by atoms with E-state index in [9.17, 15) is 0 Å². The third-order valence-corrected chi connectivity index (χ3v) is 5.18. The first kappa shape index (κ1) is 16.2. The monoisotopic (exact) mass is 331 g/mol. The Hall–Kier alpha value is -2.32. The van der Waals surface area contributed by atoms with E-state index in [0.29, 0.717) is 5.92 Å². The molecule has 0 aliphatic carbocycles. The number of rotatable bonds is 5. The zero-order chi connectivity index (χ0) is 16.9. The minimum Gasteiger partial charge on any atom is -0.493 e. The van der Waals surface area contributed by atoms with Crippen LogP contribution in [0.4, 0.5) is 0 Å². The highest BCUT2D eigenvalue weighted by Crippen LogP contribution is 2.27. The van der Waals surface area contributed by atoms with E-state index in [1.165, 1.54) is 42.3 Å². The topological polar surface area (TPSA) is 12.5 Å². The van der Waals surface area contributed by atoms with Crippen molar-refractivity contribution in [2.24, 2.45) is 5.92 Å². The Morgan fingerprint density at radius 2 is 1.52 bits per heavy atom. The van der Waals surface area contributed by atoms with Crippen LogP contribution in [0.5, 0.6) is 5.75 Å². The summed E-state index contributed by atoms with van der Waals surface area (Å²) in [5.41, 5.74) is 1.41. The molecule has 2 nitrogen and oxygen atoms in total. The Labute approximate surface area is 150 Å². The fraction of sp³-hybridized carbons (Fsp3) is 0.304. The lowest BCUT2D eigenvalue weighted by atomic mass is 9.97. The van der Waals surface area contributed by atoms with Crippen LogP contribution in [0.2, 0.25) is 0 Å². The van der Waals surface area contributed by atoms with Gasteiger partial charge >= 0.3 is 0 Å². The van der Waals surface area contributed by atoms with Gasteiger partial charge in [0.05, 0.1) is 6.61 Å². The lowest BCUT2D eigenvalue weighted by Gasteiger charge is -2.32. The van der Waals surface area contributed by atoms with Gasteiger partial charge in [0.15, 0.2) is 0 Å². The summed E-state index contributed by atoms with van der Waals surface area (Å²) in [4.78, 5) is 2.56. The van der Waals surface area contributed by atoms with Crippen LogP contribution in [-0.2, 0) is 6.54 Å². The molecule has 4 rings (SSSR count). The summed E-state index contributed by atoms with van der Waals surface area (Å²) >= 11 is 0. The van der Waals surface area contributed by atoms with Crippen LogP contribution in [-0.4, -0.2) is 24.6 Å². The minimum atomic E-state index is 0.658. The van der Waals surface area contributed by atoms with Crippen molar-refractivity contribution in [2.75, 3.05) is 19.7 Å². The van der Waals surface area contributed by atoms with Gasteiger partial charge < -0.3 is 4.74 Å². The van der Waals surface area contributed by atoms with E-state index in [4.69, 9.17) is 4.74 Å². The normalized spacial score (nSPS) is 16.2. The molecule has 1 fully saturated rings. The predicted octanol–water partition coefficient (Wildman–Crippen LogP) is 5.13. The molecule has 0 amide bonds. The van der Waals surface area contributed by atoms with E-state index in [0.717, 1.165) is 18.9 Å². The van der Waals surface area contributed by atoms with Crippen molar-refractivity contribution < 1.29 is 4.74 Å². The Bertz CT molecular complexity index is 801. The summed E-state index contributed by atoms with van der Waals surface area (Å²) in [5, 5.41) is 2.46. The van der Waals surface area contributed by atoms with Crippen LogP contribution >= 0.6 is 0 Å². The van der Waals surface area contributed by atoms with E-state index in [1.54, 1.807) is 0 Å². The molecule has 1 aliphatic rings. The second kappa shape index (κ2) is 7.71. The number of ether oxygens (including phenoxy) is 1. The molecule has 0 N–H and O–H groups in total. The van der Waals surface area contributed by atoms with Gasteiger partial charge in [0.1, 0.15) is 5.75 Å². The standard InChI is InChI=1S/C23H25NO/c1-2-7-19(8-3-1)17-24-15-13-20(14-16-24)18-25-23-12-6-10-21-9-4-5-11-22(21)23/h1-12,20H,13-18H2. The van der Waals surface area contributed by atoms with Crippen molar-refractivity contribution in [3.63, 3.8) is 0 Å². The van der Waals surface area contributed by atoms with Gasteiger partial charge in [0.25, 0.3) is 0 Å². The molecule has 0 saturated carbocycles. The first-order valence-electron chi connectivity index (χ1n) is 9.25. The van der Waals surface area contributed by atoms with Gasteiger partial charge in [-0.05, 0) is 48.9 Å². The summed E-state index contributed by atoms with van der Waals surface area (Å²) in [5.74, 6) is 1.68. The number of piperidine rings is 1. The molecule has 25 heavy (non-hydrogen) atoms. The number of fused-ring (bicyclic) bond motifs is 1. The average molecular weight is 331 g/mol. The van der Waals surface area contributed by atoms with Crippen molar-refractivity contribution in [1.29, 1.82) is 0 Å². The zero-order valence-corrected chi connectivity index (χ0v) is 14.6. The molecule has 0 radical (unpaired) electrons. The minimum absolute atomic E-state index is 0.658. The van der Waals surface area contributed by atoms with Gasteiger partial charge in [-0.2, -0.15) is 0 Å². The number of hydrogen-bond donors (Lipinski definition) is 0. The van der Waals surface area contributed by atoms with Gasteiger partial charge in [0, 0.05) is 11.9 Å². The van der Waals surface area contributed by atoms with Crippen LogP contribution in [0.15, 0.2) is 72.8 Å². The van der Waals surface area contributed by atoms with Crippen molar-refractivity contribution >= 4 is 10.8 Å². The SMILES string of the molecule is c1ccc(CN2CCC(COc3cccc4ccccc34)CC2)cc1. The van der Waals surface area contributed by atoms with Gasteiger partial charge in [0.2, 0.25) is 0 Å². The molecular formula is C23H25NO. The van der Waals surface area contributed by atoms with E-state index < -0.39 is 0 Å². The van der Waals surface area contributed by atoms with Gasteiger partial charge in [-0.1, -0.05) is 66.7 Å². The van der Waals surface area contributed by atoms with E-state index in [-0.39, 0.29) is 0 Å². The zero-order valence-electron chi connectivity index (χ0n) is 14.6. The summed E-state index contributed by atoms with van der Waals surface area (Å²) in [6.07, 6.45) is 2.44. The van der Waals surface area contributed by atoms with Crippen LogP contribution in [0.1, 0.15) is 18.4 Å². The summed E-state index contributed by atoms with van der Waals surface area (Å²) in [6, 6.07) is 25.5. The molecule has 0 spiro atoms. The van der Waals surface area contributed by atoms with Crippen molar-refractivity contribution in [2.45, 2.75) is 19.4 Å². The third-order valence-electron chi connectivity index (χ3n) is 5.18. The highest BCUT2D eigenvalue weighted by Gasteiger charge is 2.20. The van der Waals surface area contributed by atoms with Crippen LogP contribution in [0, 0.1) is 5.92 Å². The molecule has 3 aromatic rings. The second-order valence-corrected chi connectivity index (χ2v) is 6.99. The Morgan fingerprint density at radius 1 is 0.800 bits per heavy atom. The fourth-order valence-electron chi connectivity index (χ4n) is 3.68. The quantitative estimate of drug-likeness (QED) is 0.642.